The van der Waals surface area contributed by atoms with Gasteiger partial charge >= 0.3 is 0 Å². The average molecular weight is 423 g/mol. The zero-order chi connectivity index (χ0) is 20.3. The summed E-state index contributed by atoms with van der Waals surface area (Å²) >= 11 is 1.35. The zero-order valence-corrected chi connectivity index (χ0v) is 17.2. The number of carbonyl (C=O) groups is 1. The fraction of sp³-hybridized carbons (Fsp3) is 0.318. The van der Waals surface area contributed by atoms with Crippen LogP contribution in [0.3, 0.4) is 0 Å². The maximum atomic E-state index is 12.3. The maximum absolute atomic E-state index is 12.3. The molecule has 0 saturated heterocycles. The lowest BCUT2D eigenvalue weighted by molar-refractivity contribution is -0.119. The molecule has 30 heavy (non-hydrogen) atoms. The molecule has 1 atom stereocenters. The van der Waals surface area contributed by atoms with Gasteiger partial charge in [0.2, 0.25) is 11.1 Å². The normalized spacial score (nSPS) is 17.5. The first-order valence-electron chi connectivity index (χ1n) is 10.1. The molecule has 3 aromatic rings. The highest BCUT2D eigenvalue weighted by Gasteiger charge is 2.30. The highest BCUT2D eigenvalue weighted by molar-refractivity contribution is 7.99. The Labute approximate surface area is 178 Å². The molecule has 154 valence electrons. The van der Waals surface area contributed by atoms with Crippen LogP contribution in [0.15, 0.2) is 59.8 Å². The summed E-state index contributed by atoms with van der Waals surface area (Å²) in [6.45, 7) is 0.811. The van der Waals surface area contributed by atoms with Crippen molar-refractivity contribution in [2.45, 2.75) is 30.0 Å². The molecule has 1 saturated carbocycles. The van der Waals surface area contributed by atoms with E-state index in [1.807, 2.05) is 59.3 Å². The van der Waals surface area contributed by atoms with Gasteiger partial charge in [-0.15, -0.1) is 5.10 Å². The van der Waals surface area contributed by atoms with Gasteiger partial charge in [-0.2, -0.15) is 0 Å². The first kappa shape index (κ1) is 19.0. The Bertz CT molecular complexity index is 1040. The van der Waals surface area contributed by atoms with E-state index in [-0.39, 0.29) is 17.8 Å². The molecule has 5 rings (SSSR count). The van der Waals surface area contributed by atoms with Gasteiger partial charge in [0, 0.05) is 5.92 Å². The minimum absolute atomic E-state index is 0.0773. The van der Waals surface area contributed by atoms with E-state index < -0.39 is 0 Å². The summed E-state index contributed by atoms with van der Waals surface area (Å²) in [5.74, 6) is 3.07. The Kier molecular flexibility index (Phi) is 5.31. The molecule has 7 nitrogen and oxygen atoms in total. The van der Waals surface area contributed by atoms with Crippen LogP contribution in [0.25, 0.3) is 5.69 Å². The Balaban J connectivity index is 1.15. The second-order valence-corrected chi connectivity index (χ2v) is 8.31. The number of hydrogen-bond donors (Lipinski definition) is 1. The van der Waals surface area contributed by atoms with Crippen molar-refractivity contribution in [1.82, 2.24) is 20.1 Å². The van der Waals surface area contributed by atoms with Gasteiger partial charge < -0.3 is 14.8 Å². The molecule has 0 spiro atoms. The van der Waals surface area contributed by atoms with Crippen LogP contribution in [-0.2, 0) is 4.79 Å². The lowest BCUT2D eigenvalue weighted by Crippen LogP contribution is -2.41. The number of benzene rings is 2. The molecule has 1 aliphatic heterocycles. The summed E-state index contributed by atoms with van der Waals surface area (Å²) in [7, 11) is 0. The molecule has 1 amide bonds. The topological polar surface area (TPSA) is 78.3 Å². The van der Waals surface area contributed by atoms with Crippen LogP contribution in [0.4, 0.5) is 0 Å². The predicted molar refractivity (Wildman–Crippen MR) is 113 cm³/mol. The van der Waals surface area contributed by atoms with Crippen LogP contribution in [0.2, 0.25) is 0 Å². The van der Waals surface area contributed by atoms with Crippen LogP contribution in [0.1, 0.15) is 24.6 Å². The van der Waals surface area contributed by atoms with Crippen molar-refractivity contribution in [1.29, 1.82) is 0 Å². The number of ether oxygens (including phenoxy) is 2. The maximum Gasteiger partial charge on any atom is 0.230 e. The third-order valence-electron chi connectivity index (χ3n) is 4.98. The minimum Gasteiger partial charge on any atom is -0.486 e. The molecule has 1 aliphatic carbocycles. The molecule has 2 heterocycles. The fourth-order valence-electron chi connectivity index (χ4n) is 3.30. The van der Waals surface area contributed by atoms with Gasteiger partial charge in [0.05, 0.1) is 18.0 Å². The van der Waals surface area contributed by atoms with E-state index in [9.17, 15) is 4.79 Å². The van der Waals surface area contributed by atoms with E-state index in [0.717, 1.165) is 30.1 Å². The van der Waals surface area contributed by atoms with Gasteiger partial charge in [-0.1, -0.05) is 42.1 Å². The van der Waals surface area contributed by atoms with Crippen molar-refractivity contribution in [2.24, 2.45) is 0 Å². The highest BCUT2D eigenvalue weighted by atomic mass is 32.2. The molecule has 1 N–H and O–H groups in total. The Morgan fingerprint density at radius 3 is 2.67 bits per heavy atom. The van der Waals surface area contributed by atoms with E-state index in [2.05, 4.69) is 15.4 Å². The number of thioether (sulfide) groups is 1. The summed E-state index contributed by atoms with van der Waals surface area (Å²) in [5.41, 5.74) is 0.998. The quantitative estimate of drug-likeness (QED) is 0.589. The third kappa shape index (κ3) is 4.28. The molecule has 2 aromatic carbocycles. The number of amides is 1. The van der Waals surface area contributed by atoms with Crippen molar-refractivity contribution < 1.29 is 14.3 Å². The largest absolute Gasteiger partial charge is 0.486 e. The Morgan fingerprint density at radius 1 is 1.10 bits per heavy atom. The summed E-state index contributed by atoms with van der Waals surface area (Å²) in [6.07, 6.45) is 2.08. The molecule has 0 radical (unpaired) electrons. The number of nitrogens with one attached hydrogen (secondary N) is 1. The number of hydrogen-bond acceptors (Lipinski definition) is 6. The molecular formula is C22H22N4O3S. The van der Waals surface area contributed by atoms with E-state index in [0.29, 0.717) is 30.0 Å². The van der Waals surface area contributed by atoms with Crippen LogP contribution < -0.4 is 14.8 Å². The monoisotopic (exact) mass is 422 g/mol. The molecule has 2 aliphatic rings. The van der Waals surface area contributed by atoms with Crippen LogP contribution in [-0.4, -0.2) is 45.7 Å². The first-order chi connectivity index (χ1) is 14.8. The van der Waals surface area contributed by atoms with Crippen molar-refractivity contribution in [3.8, 4) is 17.2 Å². The molecular weight excluding hydrogens is 400 g/mol. The number of rotatable bonds is 7. The molecule has 1 fully saturated rings. The van der Waals surface area contributed by atoms with Gasteiger partial charge in [-0.3, -0.25) is 4.79 Å². The SMILES string of the molecule is O=C(CSc1nc(C2CC2)n(-c2ccccc2)n1)NC[C@@H]1COc2ccccc2O1. The van der Waals surface area contributed by atoms with E-state index in [1.165, 1.54) is 11.8 Å². The van der Waals surface area contributed by atoms with Gasteiger partial charge in [0.15, 0.2) is 11.5 Å². The molecule has 8 heteroatoms. The van der Waals surface area contributed by atoms with E-state index in [4.69, 9.17) is 9.47 Å². The second-order valence-electron chi connectivity index (χ2n) is 7.36. The van der Waals surface area contributed by atoms with E-state index in [1.54, 1.807) is 0 Å². The second kappa shape index (κ2) is 8.39. The van der Waals surface area contributed by atoms with Crippen molar-refractivity contribution in [3.63, 3.8) is 0 Å². The van der Waals surface area contributed by atoms with Gasteiger partial charge in [0.1, 0.15) is 18.5 Å². The highest BCUT2D eigenvalue weighted by Crippen LogP contribution is 2.40. The molecule has 0 bridgehead atoms. The smallest absolute Gasteiger partial charge is 0.230 e. The lowest BCUT2D eigenvalue weighted by atomic mass is 10.2. The fourth-order valence-corrected chi connectivity index (χ4v) is 3.96. The van der Waals surface area contributed by atoms with Gasteiger partial charge in [-0.25, -0.2) is 9.67 Å². The number of carbonyl (C=O) groups excluding carboxylic acids is 1. The van der Waals surface area contributed by atoms with Crippen LogP contribution in [0.5, 0.6) is 11.5 Å². The zero-order valence-electron chi connectivity index (χ0n) is 16.4. The molecule has 0 unspecified atom stereocenters. The standard InChI is InChI=1S/C22H22N4O3S/c27-20(23-12-17-13-28-18-8-4-5-9-19(18)29-17)14-30-22-24-21(15-10-11-15)26(25-22)16-6-2-1-3-7-16/h1-9,15,17H,10-14H2,(H,23,27)/t17-/m1/s1. The Morgan fingerprint density at radius 2 is 1.87 bits per heavy atom. The Hall–Kier alpha value is -3.00. The van der Waals surface area contributed by atoms with E-state index >= 15 is 0 Å². The van der Waals surface area contributed by atoms with Gasteiger partial charge in [0.25, 0.3) is 0 Å². The van der Waals surface area contributed by atoms with Crippen molar-refractivity contribution >= 4 is 17.7 Å². The lowest BCUT2D eigenvalue weighted by Gasteiger charge is -2.26. The number of aromatic nitrogens is 3. The summed E-state index contributed by atoms with van der Waals surface area (Å²) in [5, 5.41) is 8.17. The predicted octanol–water partition coefficient (Wildman–Crippen LogP) is 3.19. The summed E-state index contributed by atoms with van der Waals surface area (Å²) in [6, 6.07) is 17.5. The van der Waals surface area contributed by atoms with Crippen molar-refractivity contribution in [2.75, 3.05) is 18.9 Å². The van der Waals surface area contributed by atoms with Crippen LogP contribution in [0, 0.1) is 0 Å². The average Bonchev–Trinajstić information content (AvgIpc) is 3.55. The van der Waals surface area contributed by atoms with Crippen molar-refractivity contribution in [3.05, 3.63) is 60.4 Å². The third-order valence-corrected chi connectivity index (χ3v) is 5.82. The number of fused-ring (bicyclic) bond motifs is 1. The first-order valence-corrected chi connectivity index (χ1v) is 11.0. The van der Waals surface area contributed by atoms with Crippen LogP contribution >= 0.6 is 11.8 Å². The molecule has 1 aromatic heterocycles. The summed E-state index contributed by atoms with van der Waals surface area (Å²) in [4.78, 5) is 17.0. The summed E-state index contributed by atoms with van der Waals surface area (Å²) < 4.78 is 13.5. The number of para-hydroxylation sites is 3. The number of nitrogens with zero attached hydrogens (tertiary/aromatic N) is 3. The van der Waals surface area contributed by atoms with Gasteiger partial charge in [-0.05, 0) is 37.1 Å². The minimum atomic E-state index is -0.203.